The van der Waals surface area contributed by atoms with E-state index in [1.807, 2.05) is 0 Å². The average Bonchev–Trinajstić information content (AvgIpc) is 3.11. The number of nitrogens with one attached hydrogen (secondary N) is 2. The van der Waals surface area contributed by atoms with E-state index in [-0.39, 0.29) is 24.0 Å². The Morgan fingerprint density at radius 1 is 1.18 bits per heavy atom. The Morgan fingerprint density at radius 2 is 1.96 bits per heavy atom. The molecule has 1 aromatic rings. The zero-order valence-electron chi connectivity index (χ0n) is 17.6. The summed E-state index contributed by atoms with van der Waals surface area (Å²) in [5.74, 6) is 2.43. The minimum Gasteiger partial charge on any atom is -0.381 e. The molecule has 0 unspecified atom stereocenters. The molecular weight excluding hydrogens is 471 g/mol. The molecule has 8 heteroatoms. The minimum atomic E-state index is 0. The molecule has 0 aromatic carbocycles. The van der Waals surface area contributed by atoms with Gasteiger partial charge in [0.15, 0.2) is 5.96 Å². The van der Waals surface area contributed by atoms with Gasteiger partial charge in [-0.1, -0.05) is 19.0 Å². The van der Waals surface area contributed by atoms with Gasteiger partial charge in [0.1, 0.15) is 5.76 Å². The molecule has 1 fully saturated rings. The van der Waals surface area contributed by atoms with E-state index >= 15 is 0 Å². The number of guanidine groups is 1. The summed E-state index contributed by atoms with van der Waals surface area (Å²) in [6.45, 7) is 11.9. The quantitative estimate of drug-likeness (QED) is 0.207. The number of halogens is 1. The highest BCUT2D eigenvalue weighted by molar-refractivity contribution is 14.0. The molecular formula is C20H37IN4O3. The van der Waals surface area contributed by atoms with Crippen molar-refractivity contribution in [2.45, 2.75) is 59.4 Å². The van der Waals surface area contributed by atoms with Crippen LogP contribution >= 0.6 is 24.0 Å². The molecule has 0 aliphatic carbocycles. The first-order valence-corrected chi connectivity index (χ1v) is 10.4. The number of ether oxygens (including phenoxy) is 2. The Bertz CT molecular complexity index is 538. The fourth-order valence-electron chi connectivity index (χ4n) is 3.16. The monoisotopic (exact) mass is 508 g/mol. The molecule has 2 N–H and O–H groups in total. The molecule has 2 rings (SSSR count). The van der Waals surface area contributed by atoms with Crippen LogP contribution < -0.4 is 10.6 Å². The molecule has 0 radical (unpaired) electrons. The van der Waals surface area contributed by atoms with Crippen LogP contribution in [-0.4, -0.2) is 50.6 Å². The second-order valence-corrected chi connectivity index (χ2v) is 6.84. The van der Waals surface area contributed by atoms with E-state index in [2.05, 4.69) is 36.6 Å². The topological polar surface area (TPSA) is 80.9 Å². The van der Waals surface area contributed by atoms with E-state index in [0.717, 1.165) is 94.6 Å². The van der Waals surface area contributed by atoms with Gasteiger partial charge in [0.2, 0.25) is 0 Å². The summed E-state index contributed by atoms with van der Waals surface area (Å²) in [5, 5.41) is 10.8. The van der Waals surface area contributed by atoms with Crippen LogP contribution in [0.4, 0.5) is 0 Å². The predicted molar refractivity (Wildman–Crippen MR) is 122 cm³/mol. The lowest BCUT2D eigenvalue weighted by Gasteiger charge is -2.21. The van der Waals surface area contributed by atoms with Crippen molar-refractivity contribution in [3.8, 4) is 0 Å². The van der Waals surface area contributed by atoms with Crippen LogP contribution in [0.25, 0.3) is 0 Å². The molecule has 2 heterocycles. The zero-order valence-corrected chi connectivity index (χ0v) is 19.9. The average molecular weight is 508 g/mol. The molecule has 1 aliphatic heterocycles. The fourth-order valence-corrected chi connectivity index (χ4v) is 3.16. The molecule has 0 amide bonds. The number of aromatic nitrogens is 1. The first kappa shape index (κ1) is 25.2. The van der Waals surface area contributed by atoms with Crippen LogP contribution in [0.15, 0.2) is 9.52 Å². The van der Waals surface area contributed by atoms with Crippen molar-refractivity contribution < 1.29 is 14.0 Å². The van der Waals surface area contributed by atoms with Gasteiger partial charge in [0, 0.05) is 51.5 Å². The van der Waals surface area contributed by atoms with Crippen molar-refractivity contribution in [3.63, 3.8) is 0 Å². The molecule has 28 heavy (non-hydrogen) atoms. The van der Waals surface area contributed by atoms with Gasteiger partial charge in [-0.25, -0.2) is 4.99 Å². The van der Waals surface area contributed by atoms with Crippen LogP contribution in [-0.2, 0) is 28.9 Å². The third-order valence-electron chi connectivity index (χ3n) is 4.80. The van der Waals surface area contributed by atoms with Gasteiger partial charge in [0.05, 0.1) is 12.2 Å². The lowest BCUT2D eigenvalue weighted by molar-refractivity contribution is 0.0203. The minimum absolute atomic E-state index is 0. The fraction of sp³-hybridized carbons (Fsp3) is 0.800. The van der Waals surface area contributed by atoms with Gasteiger partial charge < -0.3 is 24.6 Å². The maximum absolute atomic E-state index is 5.82. The van der Waals surface area contributed by atoms with Crippen molar-refractivity contribution in [3.05, 3.63) is 17.0 Å². The Labute approximate surface area is 186 Å². The summed E-state index contributed by atoms with van der Waals surface area (Å²) in [6, 6.07) is 0. The third-order valence-corrected chi connectivity index (χ3v) is 4.80. The number of hydrogen-bond donors (Lipinski definition) is 2. The smallest absolute Gasteiger partial charge is 0.191 e. The van der Waals surface area contributed by atoms with Crippen LogP contribution in [0.2, 0.25) is 0 Å². The first-order valence-electron chi connectivity index (χ1n) is 10.4. The van der Waals surface area contributed by atoms with E-state index in [9.17, 15) is 0 Å². The van der Waals surface area contributed by atoms with Crippen molar-refractivity contribution in [1.82, 2.24) is 15.8 Å². The molecule has 0 atom stereocenters. The molecule has 1 saturated heterocycles. The second-order valence-electron chi connectivity index (χ2n) is 6.84. The van der Waals surface area contributed by atoms with E-state index in [4.69, 9.17) is 19.0 Å². The van der Waals surface area contributed by atoms with Crippen molar-refractivity contribution in [1.29, 1.82) is 0 Å². The first-order chi connectivity index (χ1) is 13.3. The van der Waals surface area contributed by atoms with Gasteiger partial charge in [-0.05, 0) is 38.5 Å². The summed E-state index contributed by atoms with van der Waals surface area (Å²) in [6.07, 6.45) is 4.91. The Morgan fingerprint density at radius 3 is 2.64 bits per heavy atom. The van der Waals surface area contributed by atoms with Gasteiger partial charge in [-0.15, -0.1) is 24.0 Å². The predicted octanol–water partition coefficient (Wildman–Crippen LogP) is 3.31. The number of aliphatic imine (C=N–C) groups is 1. The second kappa shape index (κ2) is 15.0. The third kappa shape index (κ3) is 8.65. The van der Waals surface area contributed by atoms with Gasteiger partial charge in [0.25, 0.3) is 0 Å². The number of rotatable bonds is 11. The molecule has 7 nitrogen and oxygen atoms in total. The Kier molecular flexibility index (Phi) is 13.5. The molecule has 0 saturated carbocycles. The summed E-state index contributed by atoms with van der Waals surface area (Å²) in [7, 11) is 0. The van der Waals surface area contributed by atoms with E-state index in [1.54, 1.807) is 0 Å². The number of nitrogens with zero attached hydrogens (tertiary/aromatic N) is 2. The molecule has 1 aromatic heterocycles. The zero-order chi connectivity index (χ0) is 19.3. The maximum atomic E-state index is 5.82. The lowest BCUT2D eigenvalue weighted by atomic mass is 10.0. The highest BCUT2D eigenvalue weighted by atomic mass is 127. The van der Waals surface area contributed by atoms with Crippen LogP contribution in [0, 0.1) is 5.92 Å². The van der Waals surface area contributed by atoms with Crippen LogP contribution in [0.1, 0.15) is 57.1 Å². The van der Waals surface area contributed by atoms with Gasteiger partial charge in [-0.2, -0.15) is 0 Å². The van der Waals surface area contributed by atoms with Crippen LogP contribution in [0.3, 0.4) is 0 Å². The summed E-state index contributed by atoms with van der Waals surface area (Å²) in [5.41, 5.74) is 2.13. The molecule has 0 spiro atoms. The van der Waals surface area contributed by atoms with Gasteiger partial charge in [-0.3, -0.25) is 0 Å². The Hall–Kier alpha value is -0.870. The standard InChI is InChI=1S/C20H36N4O3.HI/c1-4-18-17(19(5-2)27-24-18)14-23-20(21-6-3)22-10-7-11-26-15-16-8-12-25-13-9-16;/h16H,4-15H2,1-3H3,(H2,21,22,23);1H. The lowest BCUT2D eigenvalue weighted by Crippen LogP contribution is -2.38. The van der Waals surface area contributed by atoms with Crippen LogP contribution in [0.5, 0.6) is 0 Å². The Balaban J connectivity index is 0.00000392. The molecule has 0 bridgehead atoms. The van der Waals surface area contributed by atoms with E-state index < -0.39 is 0 Å². The summed E-state index contributed by atoms with van der Waals surface area (Å²) < 4.78 is 16.6. The normalized spacial score (nSPS) is 15.3. The van der Waals surface area contributed by atoms with Gasteiger partial charge >= 0.3 is 0 Å². The molecule has 162 valence electrons. The van der Waals surface area contributed by atoms with E-state index in [1.165, 1.54) is 0 Å². The maximum Gasteiger partial charge on any atom is 0.191 e. The van der Waals surface area contributed by atoms with Crippen molar-refractivity contribution >= 4 is 29.9 Å². The largest absolute Gasteiger partial charge is 0.381 e. The number of hydrogen-bond acceptors (Lipinski definition) is 5. The molecule has 1 aliphatic rings. The van der Waals surface area contributed by atoms with E-state index in [0.29, 0.717) is 12.5 Å². The SMILES string of the molecule is CCNC(=NCc1c(CC)noc1CC)NCCCOCC1CCOCC1.I. The highest BCUT2D eigenvalue weighted by Crippen LogP contribution is 2.17. The summed E-state index contributed by atoms with van der Waals surface area (Å²) >= 11 is 0. The van der Waals surface area contributed by atoms with Crippen molar-refractivity contribution in [2.24, 2.45) is 10.9 Å². The summed E-state index contributed by atoms with van der Waals surface area (Å²) in [4.78, 5) is 4.70. The number of aryl methyl sites for hydroxylation is 2. The highest BCUT2D eigenvalue weighted by Gasteiger charge is 2.14. The van der Waals surface area contributed by atoms with Crippen molar-refractivity contribution in [2.75, 3.05) is 39.5 Å².